The number of rotatable bonds is 6. The monoisotopic (exact) mass is 287 g/mol. The van der Waals surface area contributed by atoms with Crippen molar-refractivity contribution >= 4 is 17.6 Å². The minimum Gasteiger partial charge on any atom is -0.472 e. The average Bonchev–Trinajstić information content (AvgIpc) is 3.02. The first-order valence-electron chi connectivity index (χ1n) is 6.81. The molecule has 0 aliphatic carbocycles. The third-order valence-electron chi connectivity index (χ3n) is 2.89. The molecule has 1 N–H and O–H groups in total. The number of amides is 1. The van der Waals surface area contributed by atoms with Crippen LogP contribution in [0.15, 0.2) is 47.3 Å². The zero-order valence-electron chi connectivity index (χ0n) is 11.8. The molecule has 0 fully saturated rings. The number of carbonyl (C=O) groups excluding carboxylic acids is 2. The molecular weight excluding hydrogens is 270 g/mol. The molecule has 0 radical (unpaired) electrons. The highest BCUT2D eigenvalue weighted by atomic mass is 16.5. The highest BCUT2D eigenvalue weighted by Gasteiger charge is 2.09. The van der Waals surface area contributed by atoms with Crippen molar-refractivity contribution in [1.82, 2.24) is 0 Å². The molecule has 1 heterocycles. The summed E-state index contributed by atoms with van der Waals surface area (Å²) in [5, 5.41) is 2.71. The lowest BCUT2D eigenvalue weighted by molar-refractivity contribution is 0.0499. The van der Waals surface area contributed by atoms with E-state index in [1.54, 1.807) is 30.3 Å². The van der Waals surface area contributed by atoms with Gasteiger partial charge in [-0.3, -0.25) is 4.79 Å². The van der Waals surface area contributed by atoms with Crippen molar-refractivity contribution in [2.45, 2.75) is 19.8 Å². The van der Waals surface area contributed by atoms with Crippen LogP contribution in [-0.4, -0.2) is 18.5 Å². The van der Waals surface area contributed by atoms with Crippen molar-refractivity contribution in [3.8, 4) is 0 Å². The number of esters is 1. The fourth-order valence-corrected chi connectivity index (χ4v) is 1.68. The normalized spacial score (nSPS) is 10.1. The molecule has 2 rings (SSSR count). The fourth-order valence-electron chi connectivity index (χ4n) is 1.68. The predicted molar refractivity (Wildman–Crippen MR) is 78.3 cm³/mol. The lowest BCUT2D eigenvalue weighted by Crippen LogP contribution is -2.11. The molecule has 0 aliphatic heterocycles. The molecule has 0 spiro atoms. The Bertz CT molecular complexity index is 587. The Labute approximate surface area is 122 Å². The number of carbonyl (C=O) groups is 2. The van der Waals surface area contributed by atoms with Gasteiger partial charge in [-0.2, -0.15) is 0 Å². The van der Waals surface area contributed by atoms with Crippen molar-refractivity contribution < 1.29 is 18.7 Å². The molecule has 1 aromatic carbocycles. The number of anilines is 1. The van der Waals surface area contributed by atoms with E-state index in [0.717, 1.165) is 12.8 Å². The number of ether oxygens (including phenoxy) is 1. The zero-order valence-corrected chi connectivity index (χ0v) is 11.8. The van der Waals surface area contributed by atoms with Crippen LogP contribution in [0.4, 0.5) is 5.69 Å². The number of furan rings is 1. The van der Waals surface area contributed by atoms with Crippen LogP contribution in [-0.2, 0) is 4.74 Å². The van der Waals surface area contributed by atoms with E-state index in [1.165, 1.54) is 12.5 Å². The molecule has 0 unspecified atom stereocenters. The van der Waals surface area contributed by atoms with E-state index in [0.29, 0.717) is 23.4 Å². The van der Waals surface area contributed by atoms with Gasteiger partial charge in [0.2, 0.25) is 0 Å². The van der Waals surface area contributed by atoms with Crippen molar-refractivity contribution in [3.05, 3.63) is 54.0 Å². The molecule has 0 saturated carbocycles. The van der Waals surface area contributed by atoms with E-state index >= 15 is 0 Å². The summed E-state index contributed by atoms with van der Waals surface area (Å²) in [6, 6.07) is 8.15. The molecule has 1 aromatic heterocycles. The molecular formula is C16H17NO4. The van der Waals surface area contributed by atoms with Gasteiger partial charge in [0, 0.05) is 5.69 Å². The second-order valence-corrected chi connectivity index (χ2v) is 4.53. The molecule has 5 nitrogen and oxygen atoms in total. The van der Waals surface area contributed by atoms with Crippen LogP contribution < -0.4 is 5.32 Å². The maximum absolute atomic E-state index is 11.8. The van der Waals surface area contributed by atoms with Crippen LogP contribution in [0.2, 0.25) is 0 Å². The molecule has 0 atom stereocenters. The Kier molecular flexibility index (Phi) is 5.15. The largest absolute Gasteiger partial charge is 0.472 e. The number of nitrogens with one attached hydrogen (secondary N) is 1. The summed E-state index contributed by atoms with van der Waals surface area (Å²) in [5.74, 6) is -0.613. The molecule has 21 heavy (non-hydrogen) atoms. The first kappa shape index (κ1) is 14.8. The van der Waals surface area contributed by atoms with Crippen LogP contribution in [0.1, 0.15) is 40.5 Å². The minimum atomic E-state index is -0.351. The second kappa shape index (κ2) is 7.28. The molecule has 2 aromatic rings. The summed E-state index contributed by atoms with van der Waals surface area (Å²) in [7, 11) is 0. The van der Waals surface area contributed by atoms with Gasteiger partial charge in [0.05, 0.1) is 24.0 Å². The molecule has 110 valence electrons. The van der Waals surface area contributed by atoms with Gasteiger partial charge in [0.25, 0.3) is 5.91 Å². The Balaban J connectivity index is 1.92. The average molecular weight is 287 g/mol. The first-order valence-corrected chi connectivity index (χ1v) is 6.81. The summed E-state index contributed by atoms with van der Waals surface area (Å²) in [6.07, 6.45) is 4.63. The number of unbranched alkanes of at least 4 members (excludes halogenated alkanes) is 1. The van der Waals surface area contributed by atoms with E-state index in [1.807, 2.05) is 6.92 Å². The second-order valence-electron chi connectivity index (χ2n) is 4.53. The summed E-state index contributed by atoms with van der Waals surface area (Å²) in [4.78, 5) is 23.5. The quantitative estimate of drug-likeness (QED) is 0.652. The summed E-state index contributed by atoms with van der Waals surface area (Å²) in [5.41, 5.74) is 1.51. The Morgan fingerprint density at radius 3 is 2.52 bits per heavy atom. The van der Waals surface area contributed by atoms with Gasteiger partial charge in [-0.1, -0.05) is 13.3 Å². The topological polar surface area (TPSA) is 68.5 Å². The van der Waals surface area contributed by atoms with Gasteiger partial charge in [-0.25, -0.2) is 4.79 Å². The van der Waals surface area contributed by atoms with E-state index in [4.69, 9.17) is 9.15 Å². The van der Waals surface area contributed by atoms with Crippen LogP contribution in [0, 0.1) is 0 Å². The van der Waals surface area contributed by atoms with Crippen molar-refractivity contribution in [2.24, 2.45) is 0 Å². The van der Waals surface area contributed by atoms with Crippen molar-refractivity contribution in [3.63, 3.8) is 0 Å². The summed E-state index contributed by atoms with van der Waals surface area (Å²) in [6.45, 7) is 2.46. The van der Waals surface area contributed by atoms with E-state index < -0.39 is 0 Å². The zero-order chi connectivity index (χ0) is 15.1. The van der Waals surface area contributed by atoms with Gasteiger partial charge in [-0.05, 0) is 36.8 Å². The molecule has 0 bridgehead atoms. The highest BCUT2D eigenvalue weighted by Crippen LogP contribution is 2.12. The number of hydrogen-bond donors (Lipinski definition) is 1. The molecule has 1 amide bonds. The molecule has 5 heteroatoms. The van der Waals surface area contributed by atoms with Gasteiger partial charge in [0.15, 0.2) is 0 Å². The molecule has 0 aliphatic rings. The summed E-state index contributed by atoms with van der Waals surface area (Å²) < 4.78 is 9.96. The van der Waals surface area contributed by atoms with Crippen molar-refractivity contribution in [1.29, 1.82) is 0 Å². The van der Waals surface area contributed by atoms with Crippen LogP contribution in [0.25, 0.3) is 0 Å². The van der Waals surface area contributed by atoms with Gasteiger partial charge < -0.3 is 14.5 Å². The number of hydrogen-bond acceptors (Lipinski definition) is 4. The lowest BCUT2D eigenvalue weighted by Gasteiger charge is -2.06. The standard InChI is InChI=1S/C16H17NO4/c1-2-3-9-21-16(19)12-4-6-14(7-5-12)17-15(18)13-8-10-20-11-13/h4-8,10-11H,2-3,9H2,1H3,(H,17,18). The van der Waals surface area contributed by atoms with Crippen LogP contribution in [0.5, 0.6) is 0 Å². The maximum atomic E-state index is 11.8. The van der Waals surface area contributed by atoms with E-state index in [-0.39, 0.29) is 11.9 Å². The smallest absolute Gasteiger partial charge is 0.338 e. The number of benzene rings is 1. The third-order valence-corrected chi connectivity index (χ3v) is 2.89. The van der Waals surface area contributed by atoms with E-state index in [9.17, 15) is 9.59 Å². The third kappa shape index (κ3) is 4.21. The fraction of sp³-hybridized carbons (Fsp3) is 0.250. The predicted octanol–water partition coefficient (Wildman–Crippen LogP) is 3.49. The van der Waals surface area contributed by atoms with Crippen molar-refractivity contribution in [2.75, 3.05) is 11.9 Å². The Morgan fingerprint density at radius 1 is 1.14 bits per heavy atom. The Hall–Kier alpha value is -2.56. The van der Waals surface area contributed by atoms with Gasteiger partial charge >= 0.3 is 5.97 Å². The summed E-state index contributed by atoms with van der Waals surface area (Å²) >= 11 is 0. The van der Waals surface area contributed by atoms with Crippen LogP contribution >= 0.6 is 0 Å². The van der Waals surface area contributed by atoms with Gasteiger partial charge in [-0.15, -0.1) is 0 Å². The van der Waals surface area contributed by atoms with Crippen LogP contribution in [0.3, 0.4) is 0 Å². The maximum Gasteiger partial charge on any atom is 0.338 e. The Morgan fingerprint density at radius 2 is 1.90 bits per heavy atom. The minimum absolute atomic E-state index is 0.262. The van der Waals surface area contributed by atoms with Gasteiger partial charge in [0.1, 0.15) is 6.26 Å². The highest BCUT2D eigenvalue weighted by molar-refractivity contribution is 6.04. The molecule has 0 saturated heterocycles. The SMILES string of the molecule is CCCCOC(=O)c1ccc(NC(=O)c2ccoc2)cc1. The first-order chi connectivity index (χ1) is 10.2. The lowest BCUT2D eigenvalue weighted by atomic mass is 10.2. The van der Waals surface area contributed by atoms with E-state index in [2.05, 4.69) is 5.32 Å².